The Kier molecular flexibility index (Phi) is 6.58. The van der Waals surface area contributed by atoms with Crippen molar-refractivity contribution in [2.75, 3.05) is 18.4 Å². The molecule has 0 radical (unpaired) electrons. The Hall–Kier alpha value is -3.55. The molecule has 8 heteroatoms. The van der Waals surface area contributed by atoms with E-state index >= 15 is 0 Å². The minimum Gasteiger partial charge on any atom is -0.489 e. The smallest absolute Gasteiger partial charge is 0.319 e. The number of carbonyl (C=O) groups excluding carboxylic acids is 2. The Balaban J connectivity index is 1.23. The average molecular weight is 436 g/mol. The van der Waals surface area contributed by atoms with Crippen LogP contribution in [0.4, 0.5) is 10.5 Å². The summed E-state index contributed by atoms with van der Waals surface area (Å²) in [6, 6.07) is 10.9. The van der Waals surface area contributed by atoms with Crippen LogP contribution in [0.15, 0.2) is 55.0 Å². The molecule has 2 N–H and O–H groups in total. The molecule has 8 nitrogen and oxygen atoms in total. The SMILES string of the molecule is CC[C@H](C)C(=O)N1CC[C@H](Oc2ccc(NC(=O)NCc3ccn4ccnc4c3)cc2)C1. The molecule has 32 heavy (non-hydrogen) atoms. The second kappa shape index (κ2) is 9.72. The number of nitrogens with zero attached hydrogens (tertiary/aromatic N) is 3. The number of likely N-dealkylation sites (tertiary alicyclic amines) is 1. The van der Waals surface area contributed by atoms with Gasteiger partial charge in [-0.3, -0.25) is 4.79 Å². The molecule has 0 bridgehead atoms. The molecule has 1 fully saturated rings. The fourth-order valence-electron chi connectivity index (χ4n) is 3.74. The van der Waals surface area contributed by atoms with Crippen molar-refractivity contribution in [3.8, 4) is 5.75 Å². The van der Waals surface area contributed by atoms with E-state index in [9.17, 15) is 9.59 Å². The van der Waals surface area contributed by atoms with E-state index < -0.39 is 0 Å². The molecule has 3 aromatic rings. The Morgan fingerprint density at radius 1 is 1.22 bits per heavy atom. The molecule has 1 saturated heterocycles. The molecule has 0 aliphatic carbocycles. The lowest BCUT2D eigenvalue weighted by Crippen LogP contribution is -2.34. The van der Waals surface area contributed by atoms with Crippen LogP contribution in [0, 0.1) is 5.92 Å². The zero-order chi connectivity index (χ0) is 22.5. The fourth-order valence-corrected chi connectivity index (χ4v) is 3.74. The normalized spacial score (nSPS) is 16.7. The van der Waals surface area contributed by atoms with Crippen LogP contribution in [0.25, 0.3) is 5.65 Å². The molecule has 1 aliphatic rings. The monoisotopic (exact) mass is 435 g/mol. The highest BCUT2D eigenvalue weighted by atomic mass is 16.5. The Morgan fingerprint density at radius 2 is 2.03 bits per heavy atom. The first-order chi connectivity index (χ1) is 15.5. The maximum atomic E-state index is 12.3. The van der Waals surface area contributed by atoms with Crippen LogP contribution < -0.4 is 15.4 Å². The van der Waals surface area contributed by atoms with E-state index in [0.29, 0.717) is 18.8 Å². The molecular formula is C24H29N5O3. The number of benzene rings is 1. The Morgan fingerprint density at radius 3 is 2.81 bits per heavy atom. The van der Waals surface area contributed by atoms with Crippen LogP contribution in [-0.2, 0) is 11.3 Å². The van der Waals surface area contributed by atoms with Gasteiger partial charge in [0.2, 0.25) is 5.91 Å². The summed E-state index contributed by atoms with van der Waals surface area (Å²) in [4.78, 5) is 30.7. The number of carbonyl (C=O) groups is 2. The molecule has 4 rings (SSSR count). The van der Waals surface area contributed by atoms with Gasteiger partial charge in [0.05, 0.1) is 6.54 Å². The van der Waals surface area contributed by atoms with Crippen molar-refractivity contribution in [2.45, 2.75) is 39.3 Å². The third-order valence-corrected chi connectivity index (χ3v) is 5.82. The molecule has 168 valence electrons. The topological polar surface area (TPSA) is 88.0 Å². The summed E-state index contributed by atoms with van der Waals surface area (Å²) in [7, 11) is 0. The number of nitrogens with one attached hydrogen (secondary N) is 2. The number of ether oxygens (including phenoxy) is 1. The molecule has 3 heterocycles. The minimum absolute atomic E-state index is 0.00228. The van der Waals surface area contributed by atoms with Crippen LogP contribution in [0.1, 0.15) is 32.3 Å². The highest BCUT2D eigenvalue weighted by Gasteiger charge is 2.29. The molecule has 0 unspecified atom stereocenters. The first-order valence-corrected chi connectivity index (χ1v) is 11.0. The third-order valence-electron chi connectivity index (χ3n) is 5.82. The molecular weight excluding hydrogens is 406 g/mol. The van der Waals surface area contributed by atoms with Crippen LogP contribution in [-0.4, -0.2) is 45.4 Å². The van der Waals surface area contributed by atoms with Gasteiger partial charge in [-0.25, -0.2) is 9.78 Å². The number of rotatable bonds is 7. The van der Waals surface area contributed by atoms with Gasteiger partial charge in [0.15, 0.2) is 0 Å². The first-order valence-electron chi connectivity index (χ1n) is 11.0. The van der Waals surface area contributed by atoms with Crippen molar-refractivity contribution in [1.82, 2.24) is 19.6 Å². The Bertz CT molecular complexity index is 1080. The summed E-state index contributed by atoms with van der Waals surface area (Å²) < 4.78 is 7.95. The Labute approximate surface area is 187 Å². The van der Waals surface area contributed by atoms with Crippen molar-refractivity contribution in [2.24, 2.45) is 5.92 Å². The first kappa shape index (κ1) is 21.7. The standard InChI is InChI=1S/C24H29N5O3/c1-3-17(2)23(30)29-12-9-21(16-29)32-20-6-4-19(5-7-20)27-24(31)26-15-18-8-11-28-13-10-25-22(28)14-18/h4-8,10-11,13-14,17,21H,3,9,12,15-16H2,1-2H3,(H2,26,27,31)/t17-,21-/m0/s1. The maximum Gasteiger partial charge on any atom is 0.319 e. The fraction of sp³-hybridized carbons (Fsp3) is 0.375. The van der Waals surface area contributed by atoms with E-state index in [2.05, 4.69) is 15.6 Å². The van der Waals surface area contributed by atoms with Crippen molar-refractivity contribution in [1.29, 1.82) is 0 Å². The third kappa shape index (κ3) is 5.19. The van der Waals surface area contributed by atoms with Crippen LogP contribution in [0.5, 0.6) is 5.75 Å². The highest BCUT2D eigenvalue weighted by molar-refractivity contribution is 5.89. The van der Waals surface area contributed by atoms with Gasteiger partial charge in [0.1, 0.15) is 17.5 Å². The number of imidazole rings is 1. The van der Waals surface area contributed by atoms with Crippen molar-refractivity contribution < 1.29 is 14.3 Å². The van der Waals surface area contributed by atoms with Crippen molar-refractivity contribution >= 4 is 23.3 Å². The molecule has 0 spiro atoms. The number of anilines is 1. The van der Waals surface area contributed by atoms with E-state index in [1.54, 1.807) is 6.20 Å². The van der Waals surface area contributed by atoms with Gasteiger partial charge >= 0.3 is 6.03 Å². The maximum absolute atomic E-state index is 12.3. The van der Waals surface area contributed by atoms with Crippen LogP contribution in [0.2, 0.25) is 0 Å². The van der Waals surface area contributed by atoms with Gasteiger partial charge in [0, 0.05) is 49.7 Å². The number of fused-ring (bicyclic) bond motifs is 1. The second-order valence-electron chi connectivity index (χ2n) is 8.18. The van der Waals surface area contributed by atoms with Gasteiger partial charge in [-0.15, -0.1) is 0 Å². The van der Waals surface area contributed by atoms with Gasteiger partial charge in [0.25, 0.3) is 0 Å². The van der Waals surface area contributed by atoms with Gasteiger partial charge in [-0.2, -0.15) is 0 Å². The zero-order valence-corrected chi connectivity index (χ0v) is 18.5. The van der Waals surface area contributed by atoms with Crippen LogP contribution >= 0.6 is 0 Å². The highest BCUT2D eigenvalue weighted by Crippen LogP contribution is 2.22. The number of hydrogen-bond acceptors (Lipinski definition) is 4. The van der Waals surface area contributed by atoms with Gasteiger partial charge < -0.3 is 24.7 Å². The molecule has 1 aromatic carbocycles. The van der Waals surface area contributed by atoms with Crippen molar-refractivity contribution in [3.05, 3.63) is 60.6 Å². The summed E-state index contributed by atoms with van der Waals surface area (Å²) in [5, 5.41) is 5.68. The lowest BCUT2D eigenvalue weighted by molar-refractivity contribution is -0.134. The van der Waals surface area contributed by atoms with E-state index in [4.69, 9.17) is 4.74 Å². The summed E-state index contributed by atoms with van der Waals surface area (Å²) >= 11 is 0. The average Bonchev–Trinajstić information content (AvgIpc) is 3.47. The molecule has 3 amide bonds. The summed E-state index contributed by atoms with van der Waals surface area (Å²) in [6.07, 6.45) is 7.21. The van der Waals surface area contributed by atoms with Crippen LogP contribution in [0.3, 0.4) is 0 Å². The van der Waals surface area contributed by atoms with E-state index in [1.807, 2.05) is 71.9 Å². The molecule has 0 saturated carbocycles. The zero-order valence-electron chi connectivity index (χ0n) is 18.5. The number of amides is 3. The quantitative estimate of drug-likeness (QED) is 0.593. The number of pyridine rings is 1. The van der Waals surface area contributed by atoms with E-state index in [0.717, 1.165) is 36.3 Å². The molecule has 2 aromatic heterocycles. The summed E-state index contributed by atoms with van der Waals surface area (Å²) in [5.74, 6) is 0.986. The minimum atomic E-state index is -0.281. The van der Waals surface area contributed by atoms with Gasteiger partial charge in [-0.05, 0) is 48.4 Å². The van der Waals surface area contributed by atoms with Gasteiger partial charge in [-0.1, -0.05) is 13.8 Å². The second-order valence-corrected chi connectivity index (χ2v) is 8.18. The lowest BCUT2D eigenvalue weighted by atomic mass is 10.1. The molecule has 1 aliphatic heterocycles. The molecule has 2 atom stereocenters. The largest absolute Gasteiger partial charge is 0.489 e. The van der Waals surface area contributed by atoms with E-state index in [-0.39, 0.29) is 24.0 Å². The van der Waals surface area contributed by atoms with Crippen molar-refractivity contribution in [3.63, 3.8) is 0 Å². The number of urea groups is 1. The predicted octanol–water partition coefficient (Wildman–Crippen LogP) is 3.68. The number of aromatic nitrogens is 2. The van der Waals surface area contributed by atoms with E-state index in [1.165, 1.54) is 0 Å². The summed E-state index contributed by atoms with van der Waals surface area (Å²) in [6.45, 7) is 5.76. The number of hydrogen-bond donors (Lipinski definition) is 2. The predicted molar refractivity (Wildman–Crippen MR) is 123 cm³/mol. The summed E-state index contributed by atoms with van der Waals surface area (Å²) in [5.41, 5.74) is 2.49. The lowest BCUT2D eigenvalue weighted by Gasteiger charge is -2.20.